The predicted molar refractivity (Wildman–Crippen MR) is 117 cm³/mol. The number of anilines is 1. The highest BCUT2D eigenvalue weighted by Gasteiger charge is 2.22. The van der Waals surface area contributed by atoms with Crippen LogP contribution in [0.5, 0.6) is 0 Å². The molecule has 4 rings (SSSR count). The molecule has 0 saturated heterocycles. The van der Waals surface area contributed by atoms with Crippen molar-refractivity contribution in [3.05, 3.63) is 51.1 Å². The normalized spacial score (nSPS) is 14.2. The predicted octanol–water partition coefficient (Wildman–Crippen LogP) is 2.66. The largest absolute Gasteiger partial charge is 0.355 e. The number of benzene rings is 1. The summed E-state index contributed by atoms with van der Waals surface area (Å²) in [6, 6.07) is 9.88. The highest BCUT2D eigenvalue weighted by molar-refractivity contribution is 7.18. The molecule has 2 N–H and O–H groups in total. The Kier molecular flexibility index (Phi) is 5.78. The minimum absolute atomic E-state index is 0.0661. The fourth-order valence-corrected chi connectivity index (χ4v) is 5.21. The molecular weight excluding hydrogens is 368 g/mol. The van der Waals surface area contributed by atoms with Gasteiger partial charge in [0.05, 0.1) is 31.7 Å². The molecule has 0 atom stereocenters. The minimum Gasteiger partial charge on any atom is -0.355 e. The van der Waals surface area contributed by atoms with E-state index in [1.54, 1.807) is 15.9 Å². The van der Waals surface area contributed by atoms with Crippen molar-refractivity contribution in [2.45, 2.75) is 38.5 Å². The second kappa shape index (κ2) is 8.45. The molecule has 0 bridgehead atoms. The van der Waals surface area contributed by atoms with E-state index < -0.39 is 0 Å². The molecule has 6 heteroatoms. The van der Waals surface area contributed by atoms with Gasteiger partial charge in [0.2, 0.25) is 5.95 Å². The van der Waals surface area contributed by atoms with Gasteiger partial charge in [-0.2, -0.15) is 0 Å². The summed E-state index contributed by atoms with van der Waals surface area (Å²) in [7, 11) is 4.31. The molecule has 0 saturated carbocycles. The lowest BCUT2D eigenvalue weighted by molar-refractivity contribution is -0.858. The van der Waals surface area contributed by atoms with Gasteiger partial charge in [-0.3, -0.25) is 4.79 Å². The maximum atomic E-state index is 13.6. The molecule has 0 aliphatic heterocycles. The molecule has 1 aliphatic rings. The quantitative estimate of drug-likeness (QED) is 0.497. The molecule has 3 aromatic rings. The molecular formula is C22H29N4OS+. The molecule has 2 aromatic heterocycles. The fraction of sp³-hybridized carbons (Fsp3) is 0.455. The molecule has 1 aromatic carbocycles. The van der Waals surface area contributed by atoms with Crippen LogP contribution >= 0.6 is 11.3 Å². The van der Waals surface area contributed by atoms with E-state index in [1.807, 2.05) is 30.3 Å². The average molecular weight is 398 g/mol. The smallest absolute Gasteiger partial charge is 0.268 e. The van der Waals surface area contributed by atoms with Crippen molar-refractivity contribution in [1.82, 2.24) is 9.55 Å². The zero-order valence-electron chi connectivity index (χ0n) is 16.8. The standard InChI is InChI=1S/C22H28N4OS/c1-25(2)15-9-14-23-22-24-20-19(17-12-7-4-8-13-18(17)28-20)21(27)26(22)16-10-5-3-6-11-16/h3,5-6,10-11H,4,7-9,12-15H2,1-2H3,(H,23,24)/p+1. The van der Waals surface area contributed by atoms with E-state index in [1.165, 1.54) is 28.2 Å². The highest BCUT2D eigenvalue weighted by atomic mass is 32.1. The van der Waals surface area contributed by atoms with E-state index in [4.69, 9.17) is 4.98 Å². The third-order valence-corrected chi connectivity index (χ3v) is 6.58. The van der Waals surface area contributed by atoms with Gasteiger partial charge in [-0.05, 0) is 43.4 Å². The van der Waals surface area contributed by atoms with Crippen LogP contribution < -0.4 is 15.8 Å². The summed E-state index contributed by atoms with van der Waals surface area (Å²) in [6.45, 7) is 1.89. The number of quaternary nitrogens is 1. The molecule has 0 unspecified atom stereocenters. The Labute approximate surface area is 170 Å². The average Bonchev–Trinajstić information content (AvgIpc) is 2.87. The fourth-order valence-electron chi connectivity index (χ4n) is 3.96. The van der Waals surface area contributed by atoms with Crippen LogP contribution in [0.2, 0.25) is 0 Å². The zero-order chi connectivity index (χ0) is 19.5. The topological polar surface area (TPSA) is 51.4 Å². The van der Waals surface area contributed by atoms with Gasteiger partial charge in [0.1, 0.15) is 4.83 Å². The van der Waals surface area contributed by atoms with Crippen molar-refractivity contribution in [2.24, 2.45) is 0 Å². The third-order valence-electron chi connectivity index (χ3n) is 5.39. The van der Waals surface area contributed by atoms with E-state index in [0.29, 0.717) is 5.95 Å². The first kappa shape index (κ1) is 19.2. The summed E-state index contributed by atoms with van der Waals surface area (Å²) in [6.07, 6.45) is 6.73. The van der Waals surface area contributed by atoms with Crippen molar-refractivity contribution in [3.8, 4) is 5.69 Å². The summed E-state index contributed by atoms with van der Waals surface area (Å²) < 4.78 is 1.77. The van der Waals surface area contributed by atoms with Crippen LogP contribution in [0.4, 0.5) is 5.95 Å². The molecule has 0 radical (unpaired) electrons. The second-order valence-corrected chi connectivity index (χ2v) is 8.98. The van der Waals surface area contributed by atoms with Gasteiger partial charge < -0.3 is 10.2 Å². The molecule has 5 nitrogen and oxygen atoms in total. The van der Waals surface area contributed by atoms with Crippen LogP contribution in [0.1, 0.15) is 36.1 Å². The number of nitrogens with zero attached hydrogens (tertiary/aromatic N) is 2. The number of hydrogen-bond acceptors (Lipinski definition) is 4. The number of hydrogen-bond donors (Lipinski definition) is 2. The number of rotatable bonds is 6. The van der Waals surface area contributed by atoms with E-state index in [-0.39, 0.29) is 5.56 Å². The molecule has 28 heavy (non-hydrogen) atoms. The Balaban J connectivity index is 1.81. The third kappa shape index (κ3) is 3.84. The Morgan fingerprint density at radius 1 is 1.14 bits per heavy atom. The second-order valence-electron chi connectivity index (χ2n) is 7.89. The first-order chi connectivity index (χ1) is 13.6. The molecule has 0 spiro atoms. The molecule has 0 amide bonds. The molecule has 0 fully saturated rings. The molecule has 1 aliphatic carbocycles. The number of aromatic nitrogens is 2. The van der Waals surface area contributed by atoms with E-state index >= 15 is 0 Å². The number of thiophene rings is 1. The van der Waals surface area contributed by atoms with E-state index in [2.05, 4.69) is 19.4 Å². The number of aryl methyl sites for hydroxylation is 2. The van der Waals surface area contributed by atoms with Gasteiger partial charge in [-0.25, -0.2) is 9.55 Å². The SMILES string of the molecule is C[NH+](C)CCCNc1nc2sc3c(c2c(=O)n1-c1ccccc1)CCCCC3. The molecule has 148 valence electrons. The van der Waals surface area contributed by atoms with Gasteiger partial charge in [0.15, 0.2) is 0 Å². The first-order valence-electron chi connectivity index (χ1n) is 10.3. The van der Waals surface area contributed by atoms with Crippen LogP contribution in [-0.4, -0.2) is 36.7 Å². The van der Waals surface area contributed by atoms with Gasteiger partial charge in [0.25, 0.3) is 5.56 Å². The summed E-state index contributed by atoms with van der Waals surface area (Å²) >= 11 is 1.72. The van der Waals surface area contributed by atoms with Crippen LogP contribution in [0.15, 0.2) is 35.1 Å². The maximum Gasteiger partial charge on any atom is 0.268 e. The van der Waals surface area contributed by atoms with E-state index in [9.17, 15) is 4.79 Å². The van der Waals surface area contributed by atoms with Crippen molar-refractivity contribution in [2.75, 3.05) is 32.5 Å². The van der Waals surface area contributed by atoms with Crippen molar-refractivity contribution in [1.29, 1.82) is 0 Å². The van der Waals surface area contributed by atoms with E-state index in [0.717, 1.165) is 54.7 Å². The van der Waals surface area contributed by atoms with Crippen LogP contribution in [0, 0.1) is 0 Å². The Bertz CT molecular complexity index is 1010. The first-order valence-corrected chi connectivity index (χ1v) is 11.1. The summed E-state index contributed by atoms with van der Waals surface area (Å²) in [4.78, 5) is 22.2. The zero-order valence-corrected chi connectivity index (χ0v) is 17.6. The Morgan fingerprint density at radius 2 is 1.93 bits per heavy atom. The Morgan fingerprint density at radius 3 is 2.71 bits per heavy atom. The van der Waals surface area contributed by atoms with Crippen LogP contribution in [-0.2, 0) is 12.8 Å². The van der Waals surface area contributed by atoms with Crippen LogP contribution in [0.25, 0.3) is 15.9 Å². The number of fused-ring (bicyclic) bond motifs is 3. The van der Waals surface area contributed by atoms with Crippen molar-refractivity contribution < 1.29 is 4.90 Å². The van der Waals surface area contributed by atoms with Crippen molar-refractivity contribution >= 4 is 27.5 Å². The lowest BCUT2D eigenvalue weighted by Gasteiger charge is -2.15. The van der Waals surface area contributed by atoms with Gasteiger partial charge in [-0.1, -0.05) is 24.6 Å². The van der Waals surface area contributed by atoms with Gasteiger partial charge in [0, 0.05) is 17.8 Å². The highest BCUT2D eigenvalue weighted by Crippen LogP contribution is 2.34. The van der Waals surface area contributed by atoms with Gasteiger partial charge in [-0.15, -0.1) is 11.3 Å². The van der Waals surface area contributed by atoms with Crippen LogP contribution in [0.3, 0.4) is 0 Å². The van der Waals surface area contributed by atoms with Gasteiger partial charge >= 0.3 is 0 Å². The number of nitrogens with one attached hydrogen (secondary N) is 2. The summed E-state index contributed by atoms with van der Waals surface area (Å²) in [5, 5.41) is 4.28. The monoisotopic (exact) mass is 397 g/mol. The molecule has 2 heterocycles. The maximum absolute atomic E-state index is 13.6. The lowest BCUT2D eigenvalue weighted by atomic mass is 10.1. The minimum atomic E-state index is 0.0661. The summed E-state index contributed by atoms with van der Waals surface area (Å²) in [5.41, 5.74) is 2.19. The summed E-state index contributed by atoms with van der Waals surface area (Å²) in [5.74, 6) is 0.661. The van der Waals surface area contributed by atoms with Crippen molar-refractivity contribution in [3.63, 3.8) is 0 Å². The lowest BCUT2D eigenvalue weighted by Crippen LogP contribution is -3.05. The number of para-hydroxylation sites is 1. The Hall–Kier alpha value is -2.18.